The molecule has 1 fully saturated rings. The monoisotopic (exact) mass is 550 g/mol. The highest BCUT2D eigenvalue weighted by Gasteiger charge is 2.54. The predicted molar refractivity (Wildman–Crippen MR) is 137 cm³/mol. The van der Waals surface area contributed by atoms with Gasteiger partial charge in [-0.3, -0.25) is 14.5 Å². The molecule has 0 bridgehead atoms. The zero-order chi connectivity index (χ0) is 26.1. The van der Waals surface area contributed by atoms with Crippen LogP contribution in [0.2, 0.25) is 0 Å². The molecule has 0 saturated carbocycles. The van der Waals surface area contributed by atoms with Crippen LogP contribution in [0.5, 0.6) is 0 Å². The molecule has 2 aliphatic heterocycles. The second-order valence-electron chi connectivity index (χ2n) is 7.94. The van der Waals surface area contributed by atoms with Crippen molar-refractivity contribution in [2.24, 2.45) is 5.16 Å². The fraction of sp³-hybridized carbons (Fsp3) is 0.333. The lowest BCUT2D eigenvalue weighted by molar-refractivity contribution is -0.652. The number of aromatic nitrogens is 2. The molecule has 4 heterocycles. The fourth-order valence-electron chi connectivity index (χ4n) is 3.82. The summed E-state index contributed by atoms with van der Waals surface area (Å²) in [6, 6.07) is 2.93. The van der Waals surface area contributed by atoms with Gasteiger partial charge in [0.1, 0.15) is 29.9 Å². The number of carbonyl (C=O) groups excluding carboxylic acids is 2. The van der Waals surface area contributed by atoms with Gasteiger partial charge in [-0.15, -0.1) is 34.9 Å². The number of anilines is 1. The molecule has 0 aromatic carbocycles. The number of carboxylic acids is 1. The summed E-state index contributed by atoms with van der Waals surface area (Å²) < 4.78 is 1.58. The number of nitrogens with two attached hydrogens (primary N) is 2. The number of amides is 2. The molecule has 2 atom stereocenters. The summed E-state index contributed by atoms with van der Waals surface area (Å²) in [7, 11) is 1.28. The largest absolute Gasteiger partial charge is 0.477 e. The molecule has 2 aliphatic rings. The molecule has 0 spiro atoms. The lowest BCUT2D eigenvalue weighted by atomic mass is 10.0. The van der Waals surface area contributed by atoms with Gasteiger partial charge >= 0.3 is 5.97 Å². The van der Waals surface area contributed by atoms with Gasteiger partial charge < -0.3 is 21.0 Å². The number of carbonyl (C=O) groups is 3. The molecule has 1 unspecified atom stereocenters. The van der Waals surface area contributed by atoms with Gasteiger partial charge in [-0.1, -0.05) is 9.83 Å². The first-order valence-electron chi connectivity index (χ1n) is 10.6. The Labute approximate surface area is 218 Å². The van der Waals surface area contributed by atoms with E-state index in [0.29, 0.717) is 17.1 Å². The van der Waals surface area contributed by atoms with Crippen LogP contribution in [0.1, 0.15) is 17.1 Å². The zero-order valence-corrected chi connectivity index (χ0v) is 22.0. The highest BCUT2D eigenvalue weighted by atomic mass is 32.2. The number of carboxylic acid groups (broad SMARTS) is 1. The number of hydrogen-bond acceptors (Lipinski definition) is 11. The maximum absolute atomic E-state index is 13.0. The molecular formula is C21H24N7O5S3+. The highest BCUT2D eigenvalue weighted by molar-refractivity contribution is 8.01. The van der Waals surface area contributed by atoms with Gasteiger partial charge in [0.15, 0.2) is 10.8 Å². The molecule has 2 aromatic heterocycles. The topological polar surface area (TPSA) is 177 Å². The van der Waals surface area contributed by atoms with Crippen LogP contribution in [-0.2, 0) is 19.2 Å². The van der Waals surface area contributed by atoms with Crippen LogP contribution in [-0.4, -0.2) is 68.5 Å². The average molecular weight is 551 g/mol. The van der Waals surface area contributed by atoms with Crippen molar-refractivity contribution in [2.75, 3.05) is 30.2 Å². The number of fused-ring (bicyclic) bond motifs is 1. The SMILES string of the molecule is CO/N=C(\C(=O)NC1C(=O)N2C(C(=O)O)=C(CSc3cc(C)[n+](N)c(C)c3)CS[C@@H]12)c1csc(N)n1. The molecule has 0 aliphatic carbocycles. The number of nitrogens with one attached hydrogen (secondary N) is 1. The van der Waals surface area contributed by atoms with E-state index in [1.165, 1.54) is 35.5 Å². The number of nitrogen functional groups attached to an aromatic ring is 2. The maximum atomic E-state index is 13.0. The van der Waals surface area contributed by atoms with E-state index in [4.69, 9.17) is 16.4 Å². The number of nitrogens with zero attached hydrogens (tertiary/aromatic N) is 4. The fourth-order valence-corrected chi connectivity index (χ4v) is 6.93. The predicted octanol–water partition coefficient (Wildman–Crippen LogP) is 0.225. The standard InChI is InChI=1S/C21H23N7O5S3/c1-9-4-12(5-10(2)28(9)23)34-6-11-7-35-19-15(18(30)27(19)16(11)20(31)32)25-17(29)14(26-33-3)13-8-36-21(22)24-13/h4-5,8,15,19H,6-7,23H2,1-3H3,(H3-,22,24,25,29,31,32)/p+1/b26-14-/t15?,19-/m0/s1. The van der Waals surface area contributed by atoms with Gasteiger partial charge in [0.05, 0.1) is 0 Å². The molecule has 15 heteroatoms. The van der Waals surface area contributed by atoms with Crippen molar-refractivity contribution in [3.63, 3.8) is 0 Å². The number of rotatable bonds is 8. The van der Waals surface area contributed by atoms with Crippen molar-refractivity contribution < 1.29 is 29.0 Å². The Hall–Kier alpha value is -3.30. The molecule has 4 rings (SSSR count). The third kappa shape index (κ3) is 4.85. The quantitative estimate of drug-likeness (QED) is 0.0888. The van der Waals surface area contributed by atoms with Crippen molar-refractivity contribution in [2.45, 2.75) is 30.2 Å². The van der Waals surface area contributed by atoms with Crippen LogP contribution in [0, 0.1) is 13.8 Å². The van der Waals surface area contributed by atoms with Gasteiger partial charge in [0, 0.05) is 47.8 Å². The number of thiazole rings is 1. The van der Waals surface area contributed by atoms with Gasteiger partial charge in [-0.25, -0.2) is 15.6 Å². The Morgan fingerprint density at radius 1 is 1.39 bits per heavy atom. The van der Waals surface area contributed by atoms with Crippen LogP contribution in [0.3, 0.4) is 0 Å². The van der Waals surface area contributed by atoms with E-state index in [2.05, 4.69) is 15.5 Å². The number of hydrogen-bond donors (Lipinski definition) is 4. The minimum absolute atomic E-state index is 0.0435. The van der Waals surface area contributed by atoms with E-state index in [1.807, 2.05) is 26.0 Å². The van der Waals surface area contributed by atoms with Gasteiger partial charge in [-0.2, -0.15) is 0 Å². The molecule has 1 saturated heterocycles. The van der Waals surface area contributed by atoms with Crippen molar-refractivity contribution in [1.82, 2.24) is 15.2 Å². The minimum atomic E-state index is -1.19. The van der Waals surface area contributed by atoms with E-state index < -0.39 is 29.2 Å². The number of aliphatic carboxylic acids is 1. The van der Waals surface area contributed by atoms with Crippen molar-refractivity contribution >= 4 is 63.5 Å². The number of thioether (sulfide) groups is 2. The van der Waals surface area contributed by atoms with E-state index in [9.17, 15) is 19.5 Å². The molecular weight excluding hydrogens is 526 g/mol. The van der Waals surface area contributed by atoms with Crippen molar-refractivity contribution in [3.05, 3.63) is 45.9 Å². The number of pyridine rings is 1. The average Bonchev–Trinajstić information content (AvgIpc) is 3.27. The van der Waals surface area contributed by atoms with E-state index in [1.54, 1.807) is 10.1 Å². The van der Waals surface area contributed by atoms with Crippen molar-refractivity contribution in [3.8, 4) is 0 Å². The van der Waals surface area contributed by atoms with Crippen LogP contribution >= 0.6 is 34.9 Å². The Morgan fingerprint density at radius 2 is 2.08 bits per heavy atom. The lowest BCUT2D eigenvalue weighted by Crippen LogP contribution is -2.71. The molecule has 190 valence electrons. The number of β-lactam (4-membered cyclic amide) rings is 1. The van der Waals surface area contributed by atoms with E-state index >= 15 is 0 Å². The summed E-state index contributed by atoms with van der Waals surface area (Å²) in [5.74, 6) is 4.37. The summed E-state index contributed by atoms with van der Waals surface area (Å²) in [5, 5.41) is 17.5. The lowest BCUT2D eigenvalue weighted by Gasteiger charge is -2.49. The Balaban J connectivity index is 1.50. The van der Waals surface area contributed by atoms with Crippen LogP contribution in [0.4, 0.5) is 5.13 Å². The number of oxime groups is 1. The molecule has 12 nitrogen and oxygen atoms in total. The zero-order valence-electron chi connectivity index (χ0n) is 19.5. The number of aryl methyl sites for hydroxylation is 2. The summed E-state index contributed by atoms with van der Waals surface area (Å²) in [6.07, 6.45) is 0. The molecule has 36 heavy (non-hydrogen) atoms. The maximum Gasteiger partial charge on any atom is 0.352 e. The first-order chi connectivity index (χ1) is 17.1. The normalized spacial score (nSPS) is 19.6. The summed E-state index contributed by atoms with van der Waals surface area (Å²) >= 11 is 4.00. The molecule has 2 amide bonds. The van der Waals surface area contributed by atoms with Crippen LogP contribution in [0.25, 0.3) is 0 Å². The minimum Gasteiger partial charge on any atom is -0.477 e. The third-order valence-corrected chi connectivity index (χ3v) is 8.65. The molecule has 2 aromatic rings. The molecule has 0 radical (unpaired) electrons. The smallest absolute Gasteiger partial charge is 0.352 e. The summed E-state index contributed by atoms with van der Waals surface area (Å²) in [6.45, 7) is 3.78. The van der Waals surface area contributed by atoms with Gasteiger partial charge in [-0.05, 0) is 5.57 Å². The molecule has 6 N–H and O–H groups in total. The van der Waals surface area contributed by atoms with Crippen molar-refractivity contribution in [1.29, 1.82) is 0 Å². The summed E-state index contributed by atoms with van der Waals surface area (Å²) in [4.78, 5) is 49.0. The highest BCUT2D eigenvalue weighted by Crippen LogP contribution is 2.41. The summed E-state index contributed by atoms with van der Waals surface area (Å²) in [5.41, 5.74) is 8.07. The van der Waals surface area contributed by atoms with Gasteiger partial charge in [0.2, 0.25) is 11.4 Å². The first-order valence-corrected chi connectivity index (χ1v) is 13.5. The Morgan fingerprint density at radius 3 is 2.67 bits per heavy atom. The first kappa shape index (κ1) is 25.8. The van der Waals surface area contributed by atoms with Crippen LogP contribution < -0.4 is 21.6 Å². The second kappa shape index (κ2) is 10.4. The Kier molecular flexibility index (Phi) is 7.42. The second-order valence-corrected chi connectivity index (χ2v) is 11.0. The van der Waals surface area contributed by atoms with Crippen LogP contribution in [0.15, 0.2) is 38.8 Å². The third-order valence-electron chi connectivity index (χ3n) is 5.57. The van der Waals surface area contributed by atoms with Gasteiger partial charge in [0.25, 0.3) is 11.8 Å². The van der Waals surface area contributed by atoms with E-state index in [-0.39, 0.29) is 22.2 Å². The Bertz CT molecular complexity index is 1290. The van der Waals surface area contributed by atoms with E-state index in [0.717, 1.165) is 27.6 Å².